The molecule has 3 aromatic heterocycles. The van der Waals surface area contributed by atoms with Crippen molar-refractivity contribution >= 4 is 5.95 Å². The largest absolute Gasteiger partial charge is 0.463 e. The van der Waals surface area contributed by atoms with E-state index in [9.17, 15) is 5.11 Å². The van der Waals surface area contributed by atoms with Gasteiger partial charge >= 0.3 is 0 Å². The van der Waals surface area contributed by atoms with E-state index in [-0.39, 0.29) is 6.10 Å². The number of aromatic nitrogens is 4. The van der Waals surface area contributed by atoms with Crippen molar-refractivity contribution in [2.45, 2.75) is 18.9 Å². The Morgan fingerprint density at radius 3 is 2.71 bits per heavy atom. The van der Waals surface area contributed by atoms with Gasteiger partial charge in [-0.15, -0.1) is 0 Å². The van der Waals surface area contributed by atoms with E-state index in [2.05, 4.69) is 19.9 Å². The molecule has 4 rings (SSSR count). The summed E-state index contributed by atoms with van der Waals surface area (Å²) in [5, 5.41) is 9.67. The molecule has 0 aliphatic carbocycles. The molecule has 7 nitrogen and oxygen atoms in total. The first-order valence-electron chi connectivity index (χ1n) is 7.91. The Labute approximate surface area is 139 Å². The smallest absolute Gasteiger partial charge is 0.226 e. The fourth-order valence-corrected chi connectivity index (χ4v) is 2.82. The zero-order valence-electron chi connectivity index (χ0n) is 13.0. The number of piperidine rings is 1. The van der Waals surface area contributed by atoms with Crippen molar-refractivity contribution in [3.8, 4) is 22.7 Å². The second-order valence-electron chi connectivity index (χ2n) is 5.72. The summed E-state index contributed by atoms with van der Waals surface area (Å²) in [5.41, 5.74) is 2.17. The lowest BCUT2D eigenvalue weighted by Gasteiger charge is -2.29. The van der Waals surface area contributed by atoms with Crippen LogP contribution in [0.25, 0.3) is 22.7 Å². The van der Waals surface area contributed by atoms with Gasteiger partial charge in [-0.3, -0.25) is 9.97 Å². The van der Waals surface area contributed by atoms with Crippen LogP contribution in [0, 0.1) is 0 Å². The highest BCUT2D eigenvalue weighted by Crippen LogP contribution is 2.30. The maximum absolute atomic E-state index is 9.67. The first-order chi connectivity index (χ1) is 11.8. The molecule has 0 amide bonds. The van der Waals surface area contributed by atoms with Crippen molar-refractivity contribution in [1.82, 2.24) is 19.9 Å². The zero-order valence-corrected chi connectivity index (χ0v) is 13.0. The van der Waals surface area contributed by atoms with Gasteiger partial charge in [0.1, 0.15) is 5.69 Å². The molecule has 0 atom stereocenters. The Bertz CT molecular complexity index is 799. The monoisotopic (exact) mass is 323 g/mol. The minimum absolute atomic E-state index is 0.232. The van der Waals surface area contributed by atoms with E-state index in [0.29, 0.717) is 23.1 Å². The fourth-order valence-electron chi connectivity index (χ4n) is 2.82. The molecule has 0 bridgehead atoms. The first-order valence-corrected chi connectivity index (χ1v) is 7.91. The van der Waals surface area contributed by atoms with Gasteiger partial charge in [0.2, 0.25) is 5.95 Å². The maximum Gasteiger partial charge on any atom is 0.226 e. The Balaban J connectivity index is 1.76. The van der Waals surface area contributed by atoms with Crippen molar-refractivity contribution in [3.63, 3.8) is 0 Å². The van der Waals surface area contributed by atoms with E-state index in [0.717, 1.165) is 31.5 Å². The number of aliphatic hydroxyl groups is 1. The summed E-state index contributed by atoms with van der Waals surface area (Å²) in [6, 6.07) is 3.70. The molecule has 1 N–H and O–H groups in total. The molecule has 24 heavy (non-hydrogen) atoms. The van der Waals surface area contributed by atoms with Crippen LogP contribution >= 0.6 is 0 Å². The lowest BCUT2D eigenvalue weighted by Crippen LogP contribution is -2.36. The molecule has 1 aliphatic heterocycles. The molecule has 1 fully saturated rings. The molecule has 0 unspecified atom stereocenters. The molecule has 4 heterocycles. The lowest BCUT2D eigenvalue weighted by atomic mass is 10.1. The number of rotatable bonds is 3. The number of nitrogens with zero attached hydrogens (tertiary/aromatic N) is 5. The van der Waals surface area contributed by atoms with Crippen molar-refractivity contribution in [1.29, 1.82) is 0 Å². The van der Waals surface area contributed by atoms with Crippen molar-refractivity contribution in [2.75, 3.05) is 18.0 Å². The average molecular weight is 323 g/mol. The SMILES string of the molecule is OC1CCN(c2ncc(-c3cnccn3)c(-c3ccco3)n2)CC1. The molecular formula is C17H17N5O2. The highest BCUT2D eigenvalue weighted by Gasteiger charge is 2.21. The van der Waals surface area contributed by atoms with Crippen molar-refractivity contribution < 1.29 is 9.52 Å². The quantitative estimate of drug-likeness (QED) is 0.790. The second kappa shape index (κ2) is 6.37. The van der Waals surface area contributed by atoms with Crippen LogP contribution in [0.4, 0.5) is 5.95 Å². The molecular weight excluding hydrogens is 306 g/mol. The van der Waals surface area contributed by atoms with Gasteiger partial charge in [-0.25, -0.2) is 9.97 Å². The van der Waals surface area contributed by atoms with Crippen LogP contribution in [0.1, 0.15) is 12.8 Å². The summed E-state index contributed by atoms with van der Waals surface area (Å²) in [7, 11) is 0. The Hall–Kier alpha value is -2.80. The predicted molar refractivity (Wildman–Crippen MR) is 88.2 cm³/mol. The normalized spacial score (nSPS) is 15.6. The standard InChI is InChI=1S/C17H17N5O2/c23-12-3-7-22(8-4-12)17-20-10-13(14-11-18-5-6-19-14)16(21-17)15-2-1-9-24-15/h1-2,5-6,9-12,23H,3-4,7-8H2. The molecule has 7 heteroatoms. The van der Waals surface area contributed by atoms with Crippen molar-refractivity contribution in [3.05, 3.63) is 43.2 Å². The highest BCUT2D eigenvalue weighted by molar-refractivity contribution is 5.76. The Morgan fingerprint density at radius 1 is 1.12 bits per heavy atom. The van der Waals surface area contributed by atoms with Gasteiger partial charge in [0.15, 0.2) is 5.76 Å². The summed E-state index contributed by atoms with van der Waals surface area (Å²) < 4.78 is 5.54. The number of aliphatic hydroxyl groups excluding tert-OH is 1. The topological polar surface area (TPSA) is 88.2 Å². The maximum atomic E-state index is 9.67. The third-order valence-corrected chi connectivity index (χ3v) is 4.12. The molecule has 0 aromatic carbocycles. The molecule has 0 spiro atoms. The van der Waals surface area contributed by atoms with Gasteiger partial charge in [0.25, 0.3) is 0 Å². The Kier molecular flexibility index (Phi) is 3.92. The van der Waals surface area contributed by atoms with E-state index in [1.54, 1.807) is 31.1 Å². The van der Waals surface area contributed by atoms with E-state index in [1.165, 1.54) is 0 Å². The summed E-state index contributed by atoms with van der Waals surface area (Å²) in [6.07, 6.45) is 9.55. The van der Waals surface area contributed by atoms with E-state index >= 15 is 0 Å². The van der Waals surface area contributed by atoms with E-state index in [1.807, 2.05) is 12.1 Å². The average Bonchev–Trinajstić information content (AvgIpc) is 3.17. The van der Waals surface area contributed by atoms with Gasteiger partial charge < -0.3 is 14.4 Å². The minimum Gasteiger partial charge on any atom is -0.463 e. The predicted octanol–water partition coefficient (Wildman–Crippen LogP) is 2.15. The van der Waals surface area contributed by atoms with E-state index in [4.69, 9.17) is 9.40 Å². The van der Waals surface area contributed by atoms with Gasteiger partial charge in [-0.05, 0) is 25.0 Å². The minimum atomic E-state index is -0.232. The molecule has 0 saturated carbocycles. The van der Waals surface area contributed by atoms with Crippen LogP contribution in [-0.4, -0.2) is 44.2 Å². The number of hydrogen-bond acceptors (Lipinski definition) is 7. The second-order valence-corrected chi connectivity index (χ2v) is 5.72. The van der Waals surface area contributed by atoms with Gasteiger partial charge in [-0.1, -0.05) is 0 Å². The van der Waals surface area contributed by atoms with Gasteiger partial charge in [-0.2, -0.15) is 0 Å². The fraction of sp³-hybridized carbons (Fsp3) is 0.294. The Morgan fingerprint density at radius 2 is 2.00 bits per heavy atom. The van der Waals surface area contributed by atoms with Crippen LogP contribution in [0.5, 0.6) is 0 Å². The van der Waals surface area contributed by atoms with Gasteiger partial charge in [0, 0.05) is 37.2 Å². The summed E-state index contributed by atoms with van der Waals surface area (Å²) in [4.78, 5) is 19.8. The number of furan rings is 1. The van der Waals surface area contributed by atoms with Gasteiger partial charge in [0.05, 0.1) is 24.3 Å². The first kappa shape index (κ1) is 14.8. The zero-order chi connectivity index (χ0) is 16.4. The molecule has 0 radical (unpaired) electrons. The molecule has 122 valence electrons. The molecule has 1 saturated heterocycles. The summed E-state index contributed by atoms with van der Waals surface area (Å²) in [5.74, 6) is 1.30. The number of hydrogen-bond donors (Lipinski definition) is 1. The van der Waals surface area contributed by atoms with E-state index < -0.39 is 0 Å². The van der Waals surface area contributed by atoms with Crippen molar-refractivity contribution in [2.24, 2.45) is 0 Å². The van der Waals surface area contributed by atoms with Crippen LogP contribution in [0.2, 0.25) is 0 Å². The summed E-state index contributed by atoms with van der Waals surface area (Å²) >= 11 is 0. The third-order valence-electron chi connectivity index (χ3n) is 4.12. The summed E-state index contributed by atoms with van der Waals surface area (Å²) in [6.45, 7) is 1.48. The molecule has 1 aliphatic rings. The third kappa shape index (κ3) is 2.85. The lowest BCUT2D eigenvalue weighted by molar-refractivity contribution is 0.145. The van der Waals surface area contributed by atoms with Crippen LogP contribution < -0.4 is 4.90 Å². The van der Waals surface area contributed by atoms with Crippen LogP contribution in [-0.2, 0) is 0 Å². The highest BCUT2D eigenvalue weighted by atomic mass is 16.3. The van der Waals surface area contributed by atoms with Crippen LogP contribution in [0.3, 0.4) is 0 Å². The molecule has 3 aromatic rings. The number of anilines is 1. The van der Waals surface area contributed by atoms with Crippen LogP contribution in [0.15, 0.2) is 47.6 Å².